The Kier molecular flexibility index (Phi) is 4.54. The predicted molar refractivity (Wildman–Crippen MR) is 77.1 cm³/mol. The molecular weight excluding hydrogens is 273 g/mol. The molecule has 0 bridgehead atoms. The number of thioether (sulfide) groups is 1. The first kappa shape index (κ1) is 14.3. The molecule has 20 heavy (non-hydrogen) atoms. The highest BCUT2D eigenvalue weighted by molar-refractivity contribution is 7.98. The molecule has 0 N–H and O–H groups in total. The summed E-state index contributed by atoms with van der Waals surface area (Å²) < 4.78 is 13.2. The minimum absolute atomic E-state index is 0.0263. The molecular formula is C16H12FNOS. The zero-order valence-electron chi connectivity index (χ0n) is 10.9. The van der Waals surface area contributed by atoms with E-state index < -0.39 is 0 Å². The van der Waals surface area contributed by atoms with Gasteiger partial charge in [-0.3, -0.25) is 4.79 Å². The molecule has 2 rings (SSSR count). The number of Topliss-reactive ketones (excluding diaryl/α,β-unsaturated/α-hetero) is 1. The summed E-state index contributed by atoms with van der Waals surface area (Å²) in [5.41, 5.74) is 1.82. The molecule has 2 aromatic rings. The molecule has 2 nitrogen and oxygen atoms in total. The summed E-state index contributed by atoms with van der Waals surface area (Å²) in [5.74, 6) is 0.199. The second-order valence-corrected chi connectivity index (χ2v) is 5.33. The molecule has 0 fully saturated rings. The van der Waals surface area contributed by atoms with Crippen molar-refractivity contribution in [2.24, 2.45) is 0 Å². The molecule has 0 radical (unpaired) electrons. The zero-order valence-corrected chi connectivity index (χ0v) is 11.7. The molecule has 0 aliphatic rings. The smallest absolute Gasteiger partial charge is 0.159 e. The normalized spacial score (nSPS) is 10.1. The van der Waals surface area contributed by atoms with E-state index in [1.54, 1.807) is 12.1 Å². The highest BCUT2D eigenvalue weighted by Crippen LogP contribution is 2.25. The minimum Gasteiger partial charge on any atom is -0.295 e. The molecule has 4 heteroatoms. The van der Waals surface area contributed by atoms with E-state index in [1.807, 2.05) is 12.1 Å². The van der Waals surface area contributed by atoms with Crippen LogP contribution in [0.2, 0.25) is 0 Å². The van der Waals surface area contributed by atoms with Crippen molar-refractivity contribution >= 4 is 17.5 Å². The third kappa shape index (κ3) is 3.46. The molecule has 0 spiro atoms. The third-order valence-corrected chi connectivity index (χ3v) is 3.90. The first-order valence-corrected chi connectivity index (χ1v) is 7.01. The Hall–Kier alpha value is -2.12. The summed E-state index contributed by atoms with van der Waals surface area (Å²) in [6.45, 7) is 1.52. The van der Waals surface area contributed by atoms with Crippen LogP contribution >= 0.6 is 11.8 Å². The first-order chi connectivity index (χ1) is 9.60. The maximum Gasteiger partial charge on any atom is 0.159 e. The zero-order chi connectivity index (χ0) is 14.5. The van der Waals surface area contributed by atoms with Crippen LogP contribution in [0.3, 0.4) is 0 Å². The van der Waals surface area contributed by atoms with Crippen molar-refractivity contribution < 1.29 is 9.18 Å². The molecule has 0 saturated carbocycles. The van der Waals surface area contributed by atoms with Crippen LogP contribution in [0, 0.1) is 17.1 Å². The summed E-state index contributed by atoms with van der Waals surface area (Å²) in [4.78, 5) is 12.1. The van der Waals surface area contributed by atoms with Gasteiger partial charge in [-0.1, -0.05) is 12.1 Å². The van der Waals surface area contributed by atoms with Gasteiger partial charge >= 0.3 is 0 Å². The third-order valence-electron chi connectivity index (χ3n) is 2.84. The van der Waals surface area contributed by atoms with E-state index in [-0.39, 0.29) is 11.6 Å². The van der Waals surface area contributed by atoms with Crippen LogP contribution in [0.25, 0.3) is 0 Å². The number of nitrogens with zero attached hydrogens (tertiary/aromatic N) is 1. The number of ketones is 1. The van der Waals surface area contributed by atoms with Gasteiger partial charge < -0.3 is 0 Å². The Balaban J connectivity index is 2.11. The number of carbonyl (C=O) groups excluding carboxylic acids is 1. The fraction of sp³-hybridized carbons (Fsp3) is 0.125. The van der Waals surface area contributed by atoms with Crippen molar-refractivity contribution in [3.63, 3.8) is 0 Å². The molecule has 0 aromatic heterocycles. The lowest BCUT2D eigenvalue weighted by atomic mass is 10.1. The molecule has 2 aromatic carbocycles. The monoisotopic (exact) mass is 285 g/mol. The molecule has 0 heterocycles. The lowest BCUT2D eigenvalue weighted by Gasteiger charge is -2.05. The number of rotatable bonds is 4. The standard InChI is InChI=1S/C16H12FNOS/c1-11(19)12-3-6-16(7-4-12)20-10-14-8-15(17)5-2-13(14)9-18/h2-8H,10H2,1H3. The molecule has 100 valence electrons. The summed E-state index contributed by atoms with van der Waals surface area (Å²) >= 11 is 1.50. The summed E-state index contributed by atoms with van der Waals surface area (Å²) in [5, 5.41) is 8.98. The molecule has 0 unspecified atom stereocenters. The van der Waals surface area contributed by atoms with E-state index in [2.05, 4.69) is 6.07 Å². The number of hydrogen-bond donors (Lipinski definition) is 0. The van der Waals surface area contributed by atoms with Gasteiger partial charge in [-0.25, -0.2) is 4.39 Å². The fourth-order valence-corrected chi connectivity index (χ4v) is 2.63. The lowest BCUT2D eigenvalue weighted by molar-refractivity contribution is 0.101. The van der Waals surface area contributed by atoms with Crippen molar-refractivity contribution in [1.82, 2.24) is 0 Å². The number of benzene rings is 2. The Morgan fingerprint density at radius 2 is 1.95 bits per heavy atom. The van der Waals surface area contributed by atoms with Gasteiger partial charge in [-0.2, -0.15) is 5.26 Å². The van der Waals surface area contributed by atoms with Gasteiger partial charge in [0.1, 0.15) is 5.82 Å². The van der Waals surface area contributed by atoms with Gasteiger partial charge in [-0.05, 0) is 42.8 Å². The summed E-state index contributed by atoms with van der Waals surface area (Å²) in [6, 6.07) is 13.5. The SMILES string of the molecule is CC(=O)c1ccc(SCc2cc(F)ccc2C#N)cc1. The average molecular weight is 285 g/mol. The number of carbonyl (C=O) groups is 1. The van der Waals surface area contributed by atoms with Gasteiger partial charge in [0.25, 0.3) is 0 Å². The van der Waals surface area contributed by atoms with Gasteiger partial charge in [0.05, 0.1) is 11.6 Å². The van der Waals surface area contributed by atoms with Gasteiger partial charge in [-0.15, -0.1) is 11.8 Å². The lowest BCUT2D eigenvalue weighted by Crippen LogP contribution is -1.91. The van der Waals surface area contributed by atoms with Crippen LogP contribution in [0.1, 0.15) is 28.4 Å². The number of hydrogen-bond acceptors (Lipinski definition) is 3. The Labute approximate surface area is 121 Å². The van der Waals surface area contributed by atoms with Crippen LogP contribution in [-0.4, -0.2) is 5.78 Å². The number of halogens is 1. The molecule has 0 atom stereocenters. The van der Waals surface area contributed by atoms with E-state index >= 15 is 0 Å². The molecule has 0 aliphatic carbocycles. The average Bonchev–Trinajstić information content (AvgIpc) is 2.45. The van der Waals surface area contributed by atoms with E-state index in [0.717, 1.165) is 4.90 Å². The van der Waals surface area contributed by atoms with Crippen molar-refractivity contribution in [3.05, 3.63) is 65.0 Å². The van der Waals surface area contributed by atoms with Crippen molar-refractivity contribution in [2.45, 2.75) is 17.6 Å². The minimum atomic E-state index is -0.341. The van der Waals surface area contributed by atoms with E-state index in [4.69, 9.17) is 5.26 Å². The van der Waals surface area contributed by atoms with Gasteiger partial charge in [0, 0.05) is 16.2 Å². The van der Waals surface area contributed by atoms with Crippen LogP contribution in [0.5, 0.6) is 0 Å². The van der Waals surface area contributed by atoms with E-state index in [1.165, 1.54) is 36.9 Å². The molecule has 0 saturated heterocycles. The Bertz CT molecular complexity index is 674. The van der Waals surface area contributed by atoms with Gasteiger partial charge in [0.2, 0.25) is 0 Å². The second-order valence-electron chi connectivity index (χ2n) is 4.28. The Morgan fingerprint density at radius 1 is 1.25 bits per heavy atom. The maximum atomic E-state index is 13.2. The second kappa shape index (κ2) is 6.36. The maximum absolute atomic E-state index is 13.2. The number of nitriles is 1. The van der Waals surface area contributed by atoms with E-state index in [9.17, 15) is 9.18 Å². The highest BCUT2D eigenvalue weighted by atomic mass is 32.2. The fourth-order valence-electron chi connectivity index (χ4n) is 1.74. The predicted octanol–water partition coefficient (Wildman–Crippen LogP) is 4.19. The van der Waals surface area contributed by atoms with Crippen LogP contribution in [0.15, 0.2) is 47.4 Å². The molecule has 0 amide bonds. The topological polar surface area (TPSA) is 40.9 Å². The van der Waals surface area contributed by atoms with Crippen molar-refractivity contribution in [2.75, 3.05) is 0 Å². The summed E-state index contributed by atoms with van der Waals surface area (Å²) in [6.07, 6.45) is 0. The van der Waals surface area contributed by atoms with Crippen LogP contribution < -0.4 is 0 Å². The van der Waals surface area contributed by atoms with E-state index in [0.29, 0.717) is 22.4 Å². The van der Waals surface area contributed by atoms with Crippen molar-refractivity contribution in [1.29, 1.82) is 5.26 Å². The van der Waals surface area contributed by atoms with Crippen LogP contribution in [0.4, 0.5) is 4.39 Å². The largest absolute Gasteiger partial charge is 0.295 e. The van der Waals surface area contributed by atoms with Crippen LogP contribution in [-0.2, 0) is 5.75 Å². The summed E-state index contributed by atoms with van der Waals surface area (Å²) in [7, 11) is 0. The van der Waals surface area contributed by atoms with Crippen molar-refractivity contribution in [3.8, 4) is 6.07 Å². The molecule has 0 aliphatic heterocycles. The Morgan fingerprint density at radius 3 is 2.55 bits per heavy atom. The first-order valence-electron chi connectivity index (χ1n) is 6.02. The quantitative estimate of drug-likeness (QED) is 0.624. The van der Waals surface area contributed by atoms with Gasteiger partial charge in [0.15, 0.2) is 5.78 Å². The highest BCUT2D eigenvalue weighted by Gasteiger charge is 2.05.